The minimum Gasteiger partial charge on any atom is -0.368 e. The number of carbonyl (C=O) groups excluding carboxylic acids is 2. The minimum atomic E-state index is -0.593. The Kier molecular flexibility index (Phi) is 4.08. The number of hydrogen-bond acceptors (Lipinski definition) is 3. The Bertz CT molecular complexity index is 247. The second kappa shape index (κ2) is 5.11. The molecule has 86 valence electrons. The maximum atomic E-state index is 11.7. The van der Waals surface area contributed by atoms with Crippen LogP contribution in [-0.2, 0) is 14.4 Å². The number of hydroxylamine groups is 1. The van der Waals surface area contributed by atoms with E-state index in [1.54, 1.807) is 0 Å². The molecule has 0 spiro atoms. The Labute approximate surface area is 89.3 Å². The van der Waals surface area contributed by atoms with Crippen LogP contribution in [0.15, 0.2) is 0 Å². The molecule has 0 aromatic carbocycles. The summed E-state index contributed by atoms with van der Waals surface area (Å²) in [6.07, 6.45) is 5.07. The first-order chi connectivity index (χ1) is 7.04. The van der Waals surface area contributed by atoms with Gasteiger partial charge in [-0.3, -0.25) is 14.4 Å². The molecule has 1 fully saturated rings. The van der Waals surface area contributed by atoms with Gasteiger partial charge in [-0.2, -0.15) is 0 Å². The molecule has 5 nitrogen and oxygen atoms in total. The van der Waals surface area contributed by atoms with E-state index in [4.69, 9.17) is 10.6 Å². The molecule has 0 bridgehead atoms. The molecule has 0 unspecified atom stereocenters. The van der Waals surface area contributed by atoms with Crippen molar-refractivity contribution in [3.8, 4) is 0 Å². The van der Waals surface area contributed by atoms with Crippen molar-refractivity contribution in [2.45, 2.75) is 39.0 Å². The van der Waals surface area contributed by atoms with Gasteiger partial charge in [-0.05, 0) is 12.8 Å². The van der Waals surface area contributed by atoms with Gasteiger partial charge in [-0.25, -0.2) is 5.48 Å². The molecular formula is C10H18N2O3. The number of hydrogen-bond donors (Lipinski definition) is 2. The third kappa shape index (κ3) is 3.51. The van der Waals surface area contributed by atoms with Crippen molar-refractivity contribution in [1.82, 2.24) is 5.48 Å². The molecular weight excluding hydrogens is 196 g/mol. The second-order valence-electron chi connectivity index (χ2n) is 4.31. The monoisotopic (exact) mass is 214 g/mol. The first kappa shape index (κ1) is 12.0. The first-order valence-electron chi connectivity index (χ1n) is 5.25. The Morgan fingerprint density at radius 2 is 1.93 bits per heavy atom. The van der Waals surface area contributed by atoms with E-state index < -0.39 is 5.91 Å². The van der Waals surface area contributed by atoms with Gasteiger partial charge in [0.05, 0.1) is 0 Å². The van der Waals surface area contributed by atoms with E-state index in [2.05, 4.69) is 5.48 Å². The lowest BCUT2D eigenvalue weighted by Gasteiger charge is -2.31. The van der Waals surface area contributed by atoms with Crippen LogP contribution in [0.3, 0.4) is 0 Å². The van der Waals surface area contributed by atoms with Crippen LogP contribution >= 0.6 is 0 Å². The smallest absolute Gasteiger partial charge is 0.249 e. The average molecular weight is 214 g/mol. The molecule has 0 saturated heterocycles. The van der Waals surface area contributed by atoms with Crippen LogP contribution in [0.4, 0.5) is 0 Å². The number of nitrogens with one attached hydrogen (secondary N) is 1. The van der Waals surface area contributed by atoms with Gasteiger partial charge in [0.1, 0.15) is 0 Å². The minimum absolute atomic E-state index is 0.150. The Morgan fingerprint density at radius 3 is 2.47 bits per heavy atom. The molecule has 0 radical (unpaired) electrons. The van der Waals surface area contributed by atoms with Gasteiger partial charge >= 0.3 is 0 Å². The summed E-state index contributed by atoms with van der Waals surface area (Å²) in [6, 6.07) is 0. The largest absolute Gasteiger partial charge is 0.368 e. The van der Waals surface area contributed by atoms with E-state index in [1.807, 2.05) is 6.92 Å². The van der Waals surface area contributed by atoms with Gasteiger partial charge in [-0.15, -0.1) is 0 Å². The molecule has 15 heavy (non-hydrogen) atoms. The maximum Gasteiger partial charge on any atom is 0.249 e. The summed E-state index contributed by atoms with van der Waals surface area (Å²) in [7, 11) is 0. The van der Waals surface area contributed by atoms with Crippen LogP contribution in [0.25, 0.3) is 0 Å². The predicted octanol–water partition coefficient (Wildman–Crippen LogP) is 0.490. The number of amides is 2. The SMILES string of the molecule is CC1(C(=O)NOCC(N)=O)CCCCC1. The molecule has 1 rings (SSSR count). The molecule has 1 saturated carbocycles. The van der Waals surface area contributed by atoms with Crippen LogP contribution < -0.4 is 11.2 Å². The Balaban J connectivity index is 2.34. The van der Waals surface area contributed by atoms with E-state index in [0.29, 0.717) is 0 Å². The molecule has 0 aromatic heterocycles. The summed E-state index contributed by atoms with van der Waals surface area (Å²) in [5.41, 5.74) is 6.81. The third-order valence-electron chi connectivity index (χ3n) is 2.88. The van der Waals surface area contributed by atoms with Crippen LogP contribution in [0.1, 0.15) is 39.0 Å². The van der Waals surface area contributed by atoms with Crippen molar-refractivity contribution in [1.29, 1.82) is 0 Å². The van der Waals surface area contributed by atoms with E-state index >= 15 is 0 Å². The van der Waals surface area contributed by atoms with Crippen molar-refractivity contribution < 1.29 is 14.4 Å². The average Bonchev–Trinajstić information content (AvgIpc) is 2.18. The standard InChI is InChI=1S/C10H18N2O3/c1-10(5-3-2-4-6-10)9(14)12-15-7-8(11)13/h2-7H2,1H3,(H2,11,13)(H,12,14). The molecule has 0 atom stereocenters. The van der Waals surface area contributed by atoms with E-state index in [9.17, 15) is 9.59 Å². The van der Waals surface area contributed by atoms with Crippen molar-refractivity contribution in [3.63, 3.8) is 0 Å². The van der Waals surface area contributed by atoms with Crippen LogP contribution in [0, 0.1) is 5.41 Å². The molecule has 0 aromatic rings. The fraction of sp³-hybridized carbons (Fsp3) is 0.800. The van der Waals surface area contributed by atoms with Gasteiger partial charge in [0.2, 0.25) is 11.8 Å². The first-order valence-corrected chi connectivity index (χ1v) is 5.25. The van der Waals surface area contributed by atoms with Crippen LogP contribution in [-0.4, -0.2) is 18.4 Å². The zero-order valence-electron chi connectivity index (χ0n) is 9.04. The highest BCUT2D eigenvalue weighted by molar-refractivity contribution is 5.81. The Hall–Kier alpha value is -1.10. The second-order valence-corrected chi connectivity index (χ2v) is 4.31. The number of rotatable bonds is 4. The maximum absolute atomic E-state index is 11.7. The third-order valence-corrected chi connectivity index (χ3v) is 2.88. The summed E-state index contributed by atoms with van der Waals surface area (Å²) in [6.45, 7) is 1.65. The van der Waals surface area contributed by atoms with E-state index in [1.165, 1.54) is 6.42 Å². The van der Waals surface area contributed by atoms with Crippen molar-refractivity contribution >= 4 is 11.8 Å². The number of carbonyl (C=O) groups is 2. The van der Waals surface area contributed by atoms with Gasteiger partial charge in [0, 0.05) is 5.41 Å². The Morgan fingerprint density at radius 1 is 1.33 bits per heavy atom. The van der Waals surface area contributed by atoms with E-state index in [-0.39, 0.29) is 17.9 Å². The van der Waals surface area contributed by atoms with Crippen LogP contribution in [0.5, 0.6) is 0 Å². The van der Waals surface area contributed by atoms with Gasteiger partial charge in [0.25, 0.3) is 0 Å². The lowest BCUT2D eigenvalue weighted by atomic mass is 9.75. The topological polar surface area (TPSA) is 81.4 Å². The van der Waals surface area contributed by atoms with Gasteiger partial charge in [0.15, 0.2) is 6.61 Å². The highest BCUT2D eigenvalue weighted by Crippen LogP contribution is 2.35. The number of primary amides is 1. The van der Waals surface area contributed by atoms with E-state index in [0.717, 1.165) is 25.7 Å². The van der Waals surface area contributed by atoms with Crippen molar-refractivity contribution in [2.75, 3.05) is 6.61 Å². The summed E-state index contributed by atoms with van der Waals surface area (Å²) in [4.78, 5) is 26.8. The molecule has 1 aliphatic carbocycles. The molecule has 1 aliphatic rings. The quantitative estimate of drug-likeness (QED) is 0.668. The molecule has 2 amide bonds. The predicted molar refractivity (Wildman–Crippen MR) is 54.5 cm³/mol. The summed E-state index contributed by atoms with van der Waals surface area (Å²) in [5, 5.41) is 0. The van der Waals surface area contributed by atoms with Crippen molar-refractivity contribution in [3.05, 3.63) is 0 Å². The highest BCUT2D eigenvalue weighted by Gasteiger charge is 2.34. The molecule has 5 heteroatoms. The molecule has 3 N–H and O–H groups in total. The molecule has 0 heterocycles. The van der Waals surface area contributed by atoms with Gasteiger partial charge < -0.3 is 5.73 Å². The van der Waals surface area contributed by atoms with Gasteiger partial charge in [-0.1, -0.05) is 26.2 Å². The summed E-state index contributed by atoms with van der Waals surface area (Å²) in [5.74, 6) is -0.743. The summed E-state index contributed by atoms with van der Waals surface area (Å²) < 4.78 is 0. The highest BCUT2D eigenvalue weighted by atomic mass is 16.7. The van der Waals surface area contributed by atoms with Crippen LogP contribution in [0.2, 0.25) is 0 Å². The number of nitrogens with two attached hydrogens (primary N) is 1. The fourth-order valence-corrected chi connectivity index (χ4v) is 1.86. The fourth-order valence-electron chi connectivity index (χ4n) is 1.86. The lowest BCUT2D eigenvalue weighted by Crippen LogP contribution is -2.41. The zero-order chi connectivity index (χ0) is 11.3. The normalized spacial score (nSPS) is 19.5. The lowest BCUT2D eigenvalue weighted by molar-refractivity contribution is -0.147. The summed E-state index contributed by atoms with van der Waals surface area (Å²) >= 11 is 0. The van der Waals surface area contributed by atoms with Crippen molar-refractivity contribution in [2.24, 2.45) is 11.1 Å². The zero-order valence-corrected chi connectivity index (χ0v) is 9.04. The molecule has 0 aliphatic heterocycles.